The molecule has 0 aromatic heterocycles. The van der Waals surface area contributed by atoms with Crippen LogP contribution < -0.4 is 10.5 Å². The third kappa shape index (κ3) is 3.20. The molecule has 0 saturated heterocycles. The predicted octanol–water partition coefficient (Wildman–Crippen LogP) is 3.02. The zero-order chi connectivity index (χ0) is 11.3. The Labute approximate surface area is 90.2 Å². The summed E-state index contributed by atoms with van der Waals surface area (Å²) >= 11 is 0. The second-order valence-corrected chi connectivity index (χ2v) is 3.64. The van der Waals surface area contributed by atoms with E-state index in [0.717, 1.165) is 24.8 Å². The molecule has 0 aliphatic rings. The van der Waals surface area contributed by atoms with E-state index in [1.54, 1.807) is 12.1 Å². The Kier molecular flexibility index (Phi) is 4.56. The molecule has 0 aliphatic heterocycles. The zero-order valence-electron chi connectivity index (χ0n) is 9.29. The van der Waals surface area contributed by atoms with E-state index in [1.807, 2.05) is 0 Å². The third-order valence-electron chi connectivity index (χ3n) is 2.47. The Balaban J connectivity index is 2.76. The number of hydrogen-bond donors (Lipinski definition) is 1. The van der Waals surface area contributed by atoms with Gasteiger partial charge >= 0.3 is 0 Å². The molecule has 1 aromatic rings. The van der Waals surface area contributed by atoms with E-state index in [-0.39, 0.29) is 17.6 Å². The number of unbranched alkanes of at least 4 members (excludes halogenated alkanes) is 1. The molecule has 84 valence electrons. The van der Waals surface area contributed by atoms with Crippen LogP contribution in [0.1, 0.15) is 37.8 Å². The second kappa shape index (κ2) is 5.71. The Morgan fingerprint density at radius 2 is 2.20 bits per heavy atom. The van der Waals surface area contributed by atoms with E-state index in [1.165, 1.54) is 13.2 Å². The molecular formula is C12H18FNO. The number of nitrogens with two attached hydrogens (primary N) is 1. The van der Waals surface area contributed by atoms with Gasteiger partial charge in [-0.2, -0.15) is 0 Å². The van der Waals surface area contributed by atoms with E-state index >= 15 is 0 Å². The SMILES string of the molecule is CCCC[C@@H](N)c1ccc(F)c(OC)c1. The van der Waals surface area contributed by atoms with Gasteiger partial charge in [0.05, 0.1) is 7.11 Å². The second-order valence-electron chi connectivity index (χ2n) is 3.64. The van der Waals surface area contributed by atoms with Crippen LogP contribution in [0.15, 0.2) is 18.2 Å². The van der Waals surface area contributed by atoms with Gasteiger partial charge < -0.3 is 10.5 Å². The van der Waals surface area contributed by atoms with Crippen LogP contribution in [-0.2, 0) is 0 Å². The molecule has 0 bridgehead atoms. The highest BCUT2D eigenvalue weighted by Gasteiger charge is 2.09. The first kappa shape index (κ1) is 12.0. The van der Waals surface area contributed by atoms with Crippen molar-refractivity contribution in [1.29, 1.82) is 0 Å². The standard InChI is InChI=1S/C12H18FNO/c1-3-4-5-11(14)9-6-7-10(13)12(8-9)15-2/h6-8,11H,3-5,14H2,1-2H3/t11-/m1/s1. The molecule has 3 heteroatoms. The van der Waals surface area contributed by atoms with Crippen molar-refractivity contribution in [3.8, 4) is 5.75 Å². The molecule has 2 N–H and O–H groups in total. The first-order valence-corrected chi connectivity index (χ1v) is 5.28. The monoisotopic (exact) mass is 211 g/mol. The summed E-state index contributed by atoms with van der Waals surface area (Å²) < 4.78 is 18.0. The smallest absolute Gasteiger partial charge is 0.165 e. The molecule has 1 aromatic carbocycles. The number of methoxy groups -OCH3 is 1. The van der Waals surface area contributed by atoms with Gasteiger partial charge in [0, 0.05) is 6.04 Å². The molecule has 0 fully saturated rings. The number of hydrogen-bond acceptors (Lipinski definition) is 2. The maximum Gasteiger partial charge on any atom is 0.165 e. The highest BCUT2D eigenvalue weighted by atomic mass is 19.1. The van der Waals surface area contributed by atoms with Crippen LogP contribution in [0.3, 0.4) is 0 Å². The average molecular weight is 211 g/mol. The minimum atomic E-state index is -0.344. The molecule has 15 heavy (non-hydrogen) atoms. The predicted molar refractivity (Wildman–Crippen MR) is 59.4 cm³/mol. The molecule has 0 spiro atoms. The molecule has 0 unspecified atom stereocenters. The molecule has 0 heterocycles. The summed E-state index contributed by atoms with van der Waals surface area (Å²) in [6.07, 6.45) is 3.12. The molecule has 0 saturated carbocycles. The van der Waals surface area contributed by atoms with Crippen molar-refractivity contribution in [3.05, 3.63) is 29.6 Å². The Hall–Kier alpha value is -1.09. The lowest BCUT2D eigenvalue weighted by molar-refractivity contribution is 0.385. The highest BCUT2D eigenvalue weighted by molar-refractivity contribution is 5.31. The van der Waals surface area contributed by atoms with Gasteiger partial charge in [0.25, 0.3) is 0 Å². The van der Waals surface area contributed by atoms with Crippen LogP contribution in [0.5, 0.6) is 5.75 Å². The van der Waals surface area contributed by atoms with Crippen LogP contribution >= 0.6 is 0 Å². The van der Waals surface area contributed by atoms with E-state index in [9.17, 15) is 4.39 Å². The molecule has 0 radical (unpaired) electrons. The quantitative estimate of drug-likeness (QED) is 0.812. The lowest BCUT2D eigenvalue weighted by Gasteiger charge is -2.12. The van der Waals surface area contributed by atoms with Gasteiger partial charge in [0.2, 0.25) is 0 Å². The van der Waals surface area contributed by atoms with Crippen molar-refractivity contribution in [3.63, 3.8) is 0 Å². The van der Waals surface area contributed by atoms with Crippen molar-refractivity contribution in [2.75, 3.05) is 7.11 Å². The number of benzene rings is 1. The van der Waals surface area contributed by atoms with Gasteiger partial charge in [-0.05, 0) is 24.1 Å². The first-order chi connectivity index (χ1) is 7.19. The first-order valence-electron chi connectivity index (χ1n) is 5.28. The lowest BCUT2D eigenvalue weighted by atomic mass is 10.0. The Morgan fingerprint density at radius 1 is 1.47 bits per heavy atom. The Morgan fingerprint density at radius 3 is 2.80 bits per heavy atom. The van der Waals surface area contributed by atoms with Crippen LogP contribution in [0.25, 0.3) is 0 Å². The largest absolute Gasteiger partial charge is 0.494 e. The molecule has 0 aliphatic carbocycles. The van der Waals surface area contributed by atoms with Crippen molar-refractivity contribution in [2.24, 2.45) is 5.73 Å². The normalized spacial score (nSPS) is 12.5. The van der Waals surface area contributed by atoms with Gasteiger partial charge in [0.15, 0.2) is 11.6 Å². The highest BCUT2D eigenvalue weighted by Crippen LogP contribution is 2.23. The summed E-state index contributed by atoms with van der Waals surface area (Å²) in [6, 6.07) is 4.77. The van der Waals surface area contributed by atoms with Gasteiger partial charge in [0.1, 0.15) is 0 Å². The van der Waals surface area contributed by atoms with Crippen LogP contribution in [0.2, 0.25) is 0 Å². The molecule has 0 amide bonds. The van der Waals surface area contributed by atoms with Crippen molar-refractivity contribution >= 4 is 0 Å². The van der Waals surface area contributed by atoms with E-state index in [2.05, 4.69) is 6.92 Å². The number of ether oxygens (including phenoxy) is 1. The van der Waals surface area contributed by atoms with E-state index in [4.69, 9.17) is 10.5 Å². The fourth-order valence-corrected chi connectivity index (χ4v) is 1.50. The maximum absolute atomic E-state index is 13.1. The van der Waals surface area contributed by atoms with Crippen LogP contribution in [0, 0.1) is 5.82 Å². The minimum absolute atomic E-state index is 0.0283. The average Bonchev–Trinajstić information content (AvgIpc) is 2.26. The molecular weight excluding hydrogens is 193 g/mol. The van der Waals surface area contributed by atoms with E-state index < -0.39 is 0 Å². The molecule has 1 atom stereocenters. The summed E-state index contributed by atoms with van der Waals surface area (Å²) in [5, 5.41) is 0. The Bertz CT molecular complexity index is 314. The lowest BCUT2D eigenvalue weighted by Crippen LogP contribution is -2.10. The summed E-state index contributed by atoms with van der Waals surface area (Å²) in [6.45, 7) is 2.12. The van der Waals surface area contributed by atoms with Crippen molar-refractivity contribution in [2.45, 2.75) is 32.2 Å². The number of halogens is 1. The summed E-state index contributed by atoms with van der Waals surface area (Å²) in [4.78, 5) is 0. The fraction of sp³-hybridized carbons (Fsp3) is 0.500. The summed E-state index contributed by atoms with van der Waals surface area (Å²) in [7, 11) is 1.46. The van der Waals surface area contributed by atoms with Gasteiger partial charge in [-0.15, -0.1) is 0 Å². The third-order valence-corrected chi connectivity index (χ3v) is 2.47. The summed E-state index contributed by atoms with van der Waals surface area (Å²) in [5.41, 5.74) is 6.91. The van der Waals surface area contributed by atoms with E-state index in [0.29, 0.717) is 0 Å². The van der Waals surface area contributed by atoms with Crippen molar-refractivity contribution in [1.82, 2.24) is 0 Å². The van der Waals surface area contributed by atoms with Crippen LogP contribution in [-0.4, -0.2) is 7.11 Å². The van der Waals surface area contributed by atoms with Crippen LogP contribution in [0.4, 0.5) is 4.39 Å². The van der Waals surface area contributed by atoms with Crippen molar-refractivity contribution < 1.29 is 9.13 Å². The van der Waals surface area contributed by atoms with Gasteiger partial charge in [-0.3, -0.25) is 0 Å². The number of rotatable bonds is 5. The summed E-state index contributed by atoms with van der Waals surface area (Å²) in [5.74, 6) is -0.0802. The topological polar surface area (TPSA) is 35.2 Å². The minimum Gasteiger partial charge on any atom is -0.494 e. The molecule has 1 rings (SSSR count). The van der Waals surface area contributed by atoms with Gasteiger partial charge in [-0.25, -0.2) is 4.39 Å². The fourth-order valence-electron chi connectivity index (χ4n) is 1.50. The maximum atomic E-state index is 13.1. The zero-order valence-corrected chi connectivity index (χ0v) is 9.29. The van der Waals surface area contributed by atoms with Gasteiger partial charge in [-0.1, -0.05) is 25.8 Å². The molecule has 2 nitrogen and oxygen atoms in total.